The Labute approximate surface area is 366 Å². The van der Waals surface area contributed by atoms with Crippen LogP contribution in [0.5, 0.6) is 23.0 Å². The van der Waals surface area contributed by atoms with Gasteiger partial charge in [-0.2, -0.15) is 0 Å². The van der Waals surface area contributed by atoms with Gasteiger partial charge in [-0.25, -0.2) is 19.2 Å². The lowest BCUT2D eigenvalue weighted by Crippen LogP contribution is -3.00. The van der Waals surface area contributed by atoms with Crippen LogP contribution in [0.2, 0.25) is 0 Å². The van der Waals surface area contributed by atoms with Crippen LogP contribution in [0.3, 0.4) is 0 Å². The topological polar surface area (TPSA) is 347 Å². The van der Waals surface area contributed by atoms with Gasteiger partial charge in [0.1, 0.15) is 11.4 Å². The molecule has 1 fully saturated rings. The van der Waals surface area contributed by atoms with Crippen LogP contribution in [-0.4, -0.2) is 100 Å². The predicted octanol–water partition coefficient (Wildman–Crippen LogP) is -0.893. The average molecular weight is 985 g/mol. The number of carboxylic acids is 1. The number of benzene rings is 2. The number of ether oxygens (including phenoxy) is 5. The molecule has 3 heterocycles. The Kier molecular flexibility index (Phi) is 23.5. The Morgan fingerprint density at radius 3 is 1.73 bits per heavy atom. The Hall–Kier alpha value is -7.16. The molecule has 0 saturated carbocycles. The lowest BCUT2D eigenvalue weighted by atomic mass is 10.1. The molecule has 5 rings (SSSR count). The zero-order valence-corrected chi connectivity index (χ0v) is 35.8. The van der Waals surface area contributed by atoms with Crippen molar-refractivity contribution in [1.82, 2.24) is 25.3 Å². The zero-order valence-electron chi connectivity index (χ0n) is 33.6. The summed E-state index contributed by atoms with van der Waals surface area (Å²) in [6.45, 7) is 4.89. The van der Waals surface area contributed by atoms with Gasteiger partial charge in [0, 0.05) is 5.56 Å². The maximum atomic E-state index is 11.6. The van der Waals surface area contributed by atoms with Crippen molar-refractivity contribution in [1.29, 1.82) is 0 Å². The predicted molar refractivity (Wildman–Crippen MR) is 216 cm³/mol. The third-order valence-corrected chi connectivity index (χ3v) is 7.61. The number of hydrogen-bond acceptors (Lipinski definition) is 17. The molecule has 1 aliphatic rings. The van der Waals surface area contributed by atoms with E-state index in [4.69, 9.17) is 28.8 Å². The fourth-order valence-corrected chi connectivity index (χ4v) is 4.98. The third kappa shape index (κ3) is 17.2. The van der Waals surface area contributed by atoms with Gasteiger partial charge in [-0.1, -0.05) is 24.6 Å². The molecule has 2 aromatic heterocycles. The summed E-state index contributed by atoms with van der Waals surface area (Å²) in [4.78, 5) is 104. The summed E-state index contributed by atoms with van der Waals surface area (Å²) in [5, 5.41) is 33.3. The molecule has 336 valence electrons. The standard InChI is InChI=1S/C15H13N3O8.C12H14O5.C5H5N3O4.C5H11N.HI/c1-25-10-4-2-3-8(13(10)26-7-11(19)20)5-6-9-12(18(23)24)14(21)17-15(22)16-9;1-3-16-11(14)8-17-12-9(7-13)5-4-6-10(12)15-2;1-2-3(8(11)12)4(9)7-5(10)6-2;1-2-4-6-5-3-1;/h2-6H,7H2,1H3,(H,19,20)(H2,16,17,21,22);4-7H,3,8H2,1-2H3;1H3,(H2,6,7,9,10);6H,1-5H2;1H/p-1/b6-5+;;;;. The summed E-state index contributed by atoms with van der Waals surface area (Å²) in [6.07, 6.45) is 7.31. The number of aliphatic carboxylic acids is 1. The SMILES string of the molecule is C1CCNCC1.CCOC(=O)COc1c(C=O)cccc1OC.COc1cccc(/C=C/c2[nH]c(=O)[nH]c(=O)c2[N+](=O)[O-])c1OCC(=O)O.Cc1[nH]c(=O)[nH]c(=O)c1[N+](=O)[O-].[I-]. The number of nitrogens with one attached hydrogen (secondary N) is 5. The summed E-state index contributed by atoms with van der Waals surface area (Å²) in [5.74, 6) is -0.724. The Morgan fingerprint density at radius 1 is 0.758 bits per heavy atom. The van der Waals surface area contributed by atoms with Gasteiger partial charge in [0.15, 0.2) is 42.5 Å². The number of esters is 1. The van der Waals surface area contributed by atoms with Crippen LogP contribution >= 0.6 is 0 Å². The smallest absolute Gasteiger partial charge is 0.357 e. The number of methoxy groups -OCH3 is 2. The third-order valence-electron chi connectivity index (χ3n) is 7.61. The van der Waals surface area contributed by atoms with Gasteiger partial charge < -0.3 is 68.1 Å². The van der Waals surface area contributed by atoms with E-state index in [-0.39, 0.29) is 65.8 Å². The number of nitro groups is 2. The Bertz CT molecular complexity index is 2410. The number of rotatable bonds is 14. The van der Waals surface area contributed by atoms with E-state index in [1.165, 1.54) is 71.7 Å². The number of aldehydes is 1. The molecule has 6 N–H and O–H groups in total. The van der Waals surface area contributed by atoms with Crippen LogP contribution < -0.4 is 70.7 Å². The summed E-state index contributed by atoms with van der Waals surface area (Å²) >= 11 is 0. The van der Waals surface area contributed by atoms with Crippen molar-refractivity contribution in [3.63, 3.8) is 0 Å². The molecular weight excluding hydrogens is 941 g/mol. The second kappa shape index (κ2) is 27.6. The highest BCUT2D eigenvalue weighted by atomic mass is 127. The number of hydrogen-bond donors (Lipinski definition) is 6. The molecule has 4 aromatic rings. The molecule has 0 spiro atoms. The zero-order chi connectivity index (χ0) is 45.5. The van der Waals surface area contributed by atoms with E-state index in [0.29, 0.717) is 23.2 Å². The quantitative estimate of drug-likeness (QED) is 0.0293. The van der Waals surface area contributed by atoms with Gasteiger partial charge >= 0.3 is 45.8 Å². The van der Waals surface area contributed by atoms with Crippen LogP contribution in [-0.2, 0) is 14.3 Å². The number of piperidine rings is 1. The van der Waals surface area contributed by atoms with Crippen molar-refractivity contribution in [2.45, 2.75) is 33.1 Å². The maximum Gasteiger partial charge on any atom is 0.357 e. The maximum absolute atomic E-state index is 11.6. The number of para-hydroxylation sites is 2. The summed E-state index contributed by atoms with van der Waals surface area (Å²) in [5.41, 5.74) is -4.98. The van der Waals surface area contributed by atoms with Crippen molar-refractivity contribution in [2.24, 2.45) is 0 Å². The van der Waals surface area contributed by atoms with E-state index in [1.54, 1.807) is 41.2 Å². The van der Waals surface area contributed by atoms with Crippen LogP contribution in [0.1, 0.15) is 53.5 Å². The van der Waals surface area contributed by atoms with Crippen molar-refractivity contribution in [3.05, 3.63) is 121 Å². The number of carboxylic acid groups (broad SMARTS) is 1. The molecule has 0 unspecified atom stereocenters. The van der Waals surface area contributed by atoms with Gasteiger partial charge in [-0.15, -0.1) is 0 Å². The van der Waals surface area contributed by atoms with Crippen LogP contribution in [0.15, 0.2) is 55.6 Å². The Balaban J connectivity index is 0.000000457. The minimum absolute atomic E-state index is 0. The van der Waals surface area contributed by atoms with Crippen molar-refractivity contribution >= 4 is 41.8 Å². The molecule has 0 aliphatic carbocycles. The first-order valence-corrected chi connectivity index (χ1v) is 17.9. The molecule has 62 heavy (non-hydrogen) atoms. The van der Waals surface area contributed by atoms with Gasteiger partial charge in [0.25, 0.3) is 0 Å². The van der Waals surface area contributed by atoms with Gasteiger partial charge in [0.05, 0.1) is 36.2 Å². The minimum Gasteiger partial charge on any atom is -1.00 e. The van der Waals surface area contributed by atoms with Crippen molar-refractivity contribution < 1.29 is 77.0 Å². The van der Waals surface area contributed by atoms with Crippen molar-refractivity contribution in [2.75, 3.05) is 47.1 Å². The molecule has 0 radical (unpaired) electrons. The lowest BCUT2D eigenvalue weighted by molar-refractivity contribution is -0.387. The van der Waals surface area contributed by atoms with Gasteiger partial charge in [0.2, 0.25) is 0 Å². The fourth-order valence-electron chi connectivity index (χ4n) is 4.98. The summed E-state index contributed by atoms with van der Waals surface area (Å²) in [6, 6.07) is 9.55. The first-order valence-electron chi connectivity index (χ1n) is 17.9. The van der Waals surface area contributed by atoms with E-state index >= 15 is 0 Å². The summed E-state index contributed by atoms with van der Waals surface area (Å²) in [7, 11) is 2.82. The van der Waals surface area contributed by atoms with Crippen molar-refractivity contribution in [3.8, 4) is 23.0 Å². The highest BCUT2D eigenvalue weighted by Gasteiger charge is 2.20. The second-order valence-corrected chi connectivity index (χ2v) is 11.9. The molecule has 1 aliphatic heterocycles. The number of aryl methyl sites for hydroxylation is 1. The fraction of sp³-hybridized carbons (Fsp3) is 0.324. The number of aromatic nitrogens is 4. The lowest BCUT2D eigenvalue weighted by Gasteiger charge is -2.11. The molecule has 0 amide bonds. The van der Waals surface area contributed by atoms with Gasteiger partial charge in [-0.05, 0) is 70.1 Å². The van der Waals surface area contributed by atoms with Gasteiger partial charge in [-0.3, -0.25) is 44.6 Å². The Morgan fingerprint density at radius 2 is 1.27 bits per heavy atom. The monoisotopic (exact) mass is 984 g/mol. The van der Waals surface area contributed by atoms with Crippen LogP contribution in [0.4, 0.5) is 11.4 Å². The number of halogens is 1. The molecular formula is C37H43IN7O17-. The molecule has 25 heteroatoms. The average Bonchev–Trinajstić information content (AvgIpc) is 3.21. The normalized spacial score (nSPS) is 11.3. The van der Waals surface area contributed by atoms with E-state index in [2.05, 4.69) is 15.3 Å². The first kappa shape index (κ1) is 52.9. The number of nitrogens with zero attached hydrogens (tertiary/aromatic N) is 2. The summed E-state index contributed by atoms with van der Waals surface area (Å²) < 4.78 is 25.3. The molecule has 2 aromatic carbocycles. The second-order valence-electron chi connectivity index (χ2n) is 11.9. The van der Waals surface area contributed by atoms with E-state index < -0.39 is 62.3 Å². The molecule has 1 saturated heterocycles. The van der Waals surface area contributed by atoms with E-state index in [0.717, 1.165) is 6.08 Å². The number of H-pyrrole nitrogens is 4. The van der Waals surface area contributed by atoms with Crippen LogP contribution in [0.25, 0.3) is 12.2 Å². The first-order chi connectivity index (χ1) is 29.1. The molecule has 24 nitrogen and oxygen atoms in total. The van der Waals surface area contributed by atoms with E-state index in [9.17, 15) is 53.8 Å². The highest BCUT2D eigenvalue weighted by Crippen LogP contribution is 2.33. The van der Waals surface area contributed by atoms with E-state index in [1.807, 2.05) is 0 Å². The molecule has 0 bridgehead atoms. The largest absolute Gasteiger partial charge is 1.00 e. The molecule has 0 atom stereocenters. The number of carbonyl (C=O) groups excluding carboxylic acids is 2. The number of carbonyl (C=O) groups is 3. The minimum atomic E-state index is -1.21. The highest BCUT2D eigenvalue weighted by molar-refractivity contribution is 5.82. The van der Waals surface area contributed by atoms with Crippen LogP contribution in [0, 0.1) is 27.2 Å². The number of aromatic amines is 4.